The van der Waals surface area contributed by atoms with Crippen molar-refractivity contribution >= 4 is 18.0 Å². The van der Waals surface area contributed by atoms with Crippen molar-refractivity contribution in [2.24, 2.45) is 11.8 Å². The van der Waals surface area contributed by atoms with Gasteiger partial charge in [-0.2, -0.15) is 0 Å². The smallest absolute Gasteiger partial charge is 0.331 e. The summed E-state index contributed by atoms with van der Waals surface area (Å²) in [6.45, 7) is 5.46. The summed E-state index contributed by atoms with van der Waals surface area (Å²) in [6.07, 6.45) is 3.99. The molecule has 1 heterocycles. The van der Waals surface area contributed by atoms with Gasteiger partial charge in [-0.1, -0.05) is 13.8 Å². The zero-order chi connectivity index (χ0) is 19.1. The minimum Gasteiger partial charge on any atom is -0.497 e. The third-order valence-electron chi connectivity index (χ3n) is 4.40. The van der Waals surface area contributed by atoms with Gasteiger partial charge in [-0.15, -0.1) is 0 Å². The van der Waals surface area contributed by atoms with Crippen molar-refractivity contribution in [2.75, 3.05) is 33.9 Å². The van der Waals surface area contributed by atoms with Crippen LogP contribution in [0.1, 0.15) is 25.8 Å². The van der Waals surface area contributed by atoms with E-state index in [0.29, 0.717) is 28.9 Å². The number of likely N-dealkylation sites (tertiary alicyclic amines) is 1. The quantitative estimate of drug-likeness (QED) is 0.576. The van der Waals surface area contributed by atoms with Crippen molar-refractivity contribution in [3.8, 4) is 11.5 Å². The van der Waals surface area contributed by atoms with Crippen LogP contribution in [0.3, 0.4) is 0 Å². The number of hydrogen-bond acceptors (Lipinski definition) is 5. The molecule has 0 spiro atoms. The fraction of sp³-hybridized carbons (Fsp3) is 0.500. The maximum Gasteiger partial charge on any atom is 0.331 e. The molecule has 142 valence electrons. The van der Waals surface area contributed by atoms with Gasteiger partial charge in [0.1, 0.15) is 11.5 Å². The van der Waals surface area contributed by atoms with Gasteiger partial charge in [0.15, 0.2) is 6.61 Å². The Labute approximate surface area is 154 Å². The van der Waals surface area contributed by atoms with Gasteiger partial charge >= 0.3 is 5.97 Å². The molecule has 0 aliphatic carbocycles. The molecule has 0 N–H and O–H groups in total. The molecule has 6 heteroatoms. The second-order valence-corrected chi connectivity index (χ2v) is 6.79. The van der Waals surface area contributed by atoms with Gasteiger partial charge in [0, 0.05) is 24.7 Å². The molecular weight excluding hydrogens is 334 g/mol. The molecule has 0 aromatic heterocycles. The van der Waals surface area contributed by atoms with E-state index in [1.54, 1.807) is 43.4 Å². The largest absolute Gasteiger partial charge is 0.497 e. The van der Waals surface area contributed by atoms with Crippen LogP contribution in [0.4, 0.5) is 0 Å². The van der Waals surface area contributed by atoms with E-state index in [9.17, 15) is 9.59 Å². The van der Waals surface area contributed by atoms with E-state index in [0.717, 1.165) is 19.5 Å². The highest BCUT2D eigenvalue weighted by molar-refractivity contribution is 5.89. The van der Waals surface area contributed by atoms with E-state index in [1.165, 1.54) is 6.08 Å². The molecule has 1 saturated heterocycles. The fourth-order valence-electron chi connectivity index (χ4n) is 3.27. The van der Waals surface area contributed by atoms with Crippen LogP contribution in [0.15, 0.2) is 24.3 Å². The lowest BCUT2D eigenvalue weighted by molar-refractivity contribution is -0.149. The van der Waals surface area contributed by atoms with Crippen LogP contribution in [0.25, 0.3) is 6.08 Å². The maximum atomic E-state index is 12.2. The fourth-order valence-corrected chi connectivity index (χ4v) is 3.27. The van der Waals surface area contributed by atoms with Crippen molar-refractivity contribution in [3.63, 3.8) is 0 Å². The Kier molecular flexibility index (Phi) is 7.06. The first kappa shape index (κ1) is 19.8. The zero-order valence-corrected chi connectivity index (χ0v) is 15.9. The molecule has 0 radical (unpaired) electrons. The lowest BCUT2D eigenvalue weighted by Gasteiger charge is -2.34. The molecule has 26 heavy (non-hydrogen) atoms. The van der Waals surface area contributed by atoms with Gasteiger partial charge in [-0.25, -0.2) is 4.79 Å². The van der Waals surface area contributed by atoms with Gasteiger partial charge in [0.25, 0.3) is 5.91 Å². The summed E-state index contributed by atoms with van der Waals surface area (Å²) in [6, 6.07) is 5.28. The van der Waals surface area contributed by atoms with Crippen LogP contribution in [0.5, 0.6) is 11.5 Å². The average molecular weight is 361 g/mol. The average Bonchev–Trinajstić information content (AvgIpc) is 2.63. The van der Waals surface area contributed by atoms with Gasteiger partial charge in [0.05, 0.1) is 14.2 Å². The monoisotopic (exact) mass is 361 g/mol. The molecule has 1 aromatic carbocycles. The molecular formula is C20H27NO5. The predicted octanol–water partition coefficient (Wildman–Crippen LogP) is 2.76. The minimum absolute atomic E-state index is 0.149. The molecule has 2 atom stereocenters. The topological polar surface area (TPSA) is 65.1 Å². The van der Waals surface area contributed by atoms with Gasteiger partial charge in [0.2, 0.25) is 0 Å². The number of nitrogens with zero attached hydrogens (tertiary/aromatic N) is 1. The van der Waals surface area contributed by atoms with Crippen molar-refractivity contribution < 1.29 is 23.8 Å². The summed E-state index contributed by atoms with van der Waals surface area (Å²) in [7, 11) is 3.12. The number of benzene rings is 1. The van der Waals surface area contributed by atoms with E-state index in [-0.39, 0.29) is 12.5 Å². The van der Waals surface area contributed by atoms with E-state index in [4.69, 9.17) is 14.2 Å². The number of rotatable bonds is 6. The summed E-state index contributed by atoms with van der Waals surface area (Å²) in [5, 5.41) is 0. The van der Waals surface area contributed by atoms with Gasteiger partial charge < -0.3 is 19.1 Å². The summed E-state index contributed by atoms with van der Waals surface area (Å²) < 4.78 is 15.5. The third-order valence-corrected chi connectivity index (χ3v) is 4.40. The third kappa shape index (κ3) is 5.51. The molecule has 0 saturated carbocycles. The standard InChI is InChI=1S/C20H27NO5/c1-14-9-15(2)12-21(11-14)19(22)13-26-20(23)8-5-16-10-17(24-3)6-7-18(16)25-4/h5-8,10,14-15H,9,11-13H2,1-4H3/b8-5+/t14-,15+. The van der Waals surface area contributed by atoms with Crippen molar-refractivity contribution in [2.45, 2.75) is 20.3 Å². The number of amides is 1. The lowest BCUT2D eigenvalue weighted by Crippen LogP contribution is -2.44. The molecule has 2 rings (SSSR count). The SMILES string of the molecule is COc1ccc(OC)c(/C=C/C(=O)OCC(=O)N2C[C@H](C)C[C@H](C)C2)c1. The summed E-state index contributed by atoms with van der Waals surface area (Å²) in [5.41, 5.74) is 0.689. The van der Waals surface area contributed by atoms with Crippen molar-refractivity contribution in [3.05, 3.63) is 29.8 Å². The molecule has 6 nitrogen and oxygen atoms in total. The predicted molar refractivity (Wildman–Crippen MR) is 99.1 cm³/mol. The second kappa shape index (κ2) is 9.27. The molecule has 0 unspecified atom stereocenters. The van der Waals surface area contributed by atoms with Crippen LogP contribution in [0, 0.1) is 11.8 Å². The van der Waals surface area contributed by atoms with Crippen LogP contribution >= 0.6 is 0 Å². The summed E-state index contributed by atoms with van der Waals surface area (Å²) in [4.78, 5) is 26.0. The highest BCUT2D eigenvalue weighted by Crippen LogP contribution is 2.25. The van der Waals surface area contributed by atoms with E-state index < -0.39 is 5.97 Å². The number of piperidine rings is 1. The highest BCUT2D eigenvalue weighted by atomic mass is 16.5. The Bertz CT molecular complexity index is 660. The normalized spacial score (nSPS) is 20.1. The number of methoxy groups -OCH3 is 2. The highest BCUT2D eigenvalue weighted by Gasteiger charge is 2.25. The van der Waals surface area contributed by atoms with Crippen molar-refractivity contribution in [1.82, 2.24) is 4.90 Å². The first-order valence-electron chi connectivity index (χ1n) is 8.77. The minimum atomic E-state index is -0.568. The van der Waals surface area contributed by atoms with Gasteiger partial charge in [-0.05, 0) is 42.5 Å². The number of ether oxygens (including phenoxy) is 3. The van der Waals surface area contributed by atoms with Crippen LogP contribution in [0.2, 0.25) is 0 Å². The molecule has 1 aliphatic heterocycles. The Morgan fingerprint density at radius 3 is 2.46 bits per heavy atom. The lowest BCUT2D eigenvalue weighted by atomic mass is 9.92. The molecule has 1 aliphatic rings. The first-order chi connectivity index (χ1) is 12.4. The second-order valence-electron chi connectivity index (χ2n) is 6.79. The van der Waals surface area contributed by atoms with E-state index in [2.05, 4.69) is 13.8 Å². The number of carbonyl (C=O) groups is 2. The molecule has 1 fully saturated rings. The Hall–Kier alpha value is -2.50. The maximum absolute atomic E-state index is 12.2. The Morgan fingerprint density at radius 2 is 1.85 bits per heavy atom. The van der Waals surface area contributed by atoms with Gasteiger partial charge in [-0.3, -0.25) is 4.79 Å². The van der Waals surface area contributed by atoms with Crippen LogP contribution in [-0.2, 0) is 14.3 Å². The van der Waals surface area contributed by atoms with Crippen molar-refractivity contribution in [1.29, 1.82) is 0 Å². The molecule has 1 aromatic rings. The number of carbonyl (C=O) groups excluding carboxylic acids is 2. The molecule has 1 amide bonds. The Balaban J connectivity index is 1.90. The molecule has 0 bridgehead atoms. The number of esters is 1. The van der Waals surface area contributed by atoms with Crippen LogP contribution in [-0.4, -0.2) is 50.7 Å². The zero-order valence-electron chi connectivity index (χ0n) is 15.9. The number of hydrogen-bond donors (Lipinski definition) is 0. The summed E-state index contributed by atoms with van der Waals surface area (Å²) in [5.74, 6) is 1.49. The van der Waals surface area contributed by atoms with E-state index >= 15 is 0 Å². The van der Waals surface area contributed by atoms with Crippen LogP contribution < -0.4 is 9.47 Å². The first-order valence-corrected chi connectivity index (χ1v) is 8.77. The summed E-state index contributed by atoms with van der Waals surface area (Å²) >= 11 is 0. The Morgan fingerprint density at radius 1 is 1.15 bits per heavy atom. The van der Waals surface area contributed by atoms with E-state index in [1.807, 2.05) is 0 Å².